The number of nitrogens with zero attached hydrogens (tertiary/aromatic N) is 2. The molecule has 5 nitrogen and oxygen atoms in total. The van der Waals surface area contributed by atoms with E-state index in [1.165, 1.54) is 0 Å². The zero-order chi connectivity index (χ0) is 13.4. The van der Waals surface area contributed by atoms with Crippen LogP contribution in [-0.2, 0) is 0 Å². The fraction of sp³-hybridized carbons (Fsp3) is 0.571. The highest BCUT2D eigenvalue weighted by atomic mass is 16.3. The number of aliphatic hydroxyl groups excluding tert-OH is 1. The number of pyridine rings is 1. The van der Waals surface area contributed by atoms with Crippen LogP contribution in [0.4, 0.5) is 5.82 Å². The molecule has 1 aromatic heterocycles. The molecule has 1 saturated heterocycles. The first kappa shape index (κ1) is 12.4. The van der Waals surface area contributed by atoms with Crippen LogP contribution >= 0.6 is 0 Å². The highest BCUT2D eigenvalue weighted by molar-refractivity contribution is 5.95. The second kappa shape index (κ2) is 4.81. The molecule has 3 rings (SSSR count). The molecule has 1 saturated carbocycles. The molecule has 2 fully saturated rings. The van der Waals surface area contributed by atoms with Crippen LogP contribution in [0.1, 0.15) is 23.2 Å². The summed E-state index contributed by atoms with van der Waals surface area (Å²) in [6, 6.07) is 3.51. The molecule has 2 heterocycles. The van der Waals surface area contributed by atoms with E-state index < -0.39 is 0 Å². The number of rotatable bonds is 2. The maximum atomic E-state index is 12.4. The molecule has 1 aromatic rings. The summed E-state index contributed by atoms with van der Waals surface area (Å²) in [4.78, 5) is 18.4. The van der Waals surface area contributed by atoms with Crippen LogP contribution in [0.5, 0.6) is 0 Å². The SMILES string of the molecule is CNc1cc(C(=O)N2CC3CCC(O)C3C2)ccn1. The van der Waals surface area contributed by atoms with Crippen molar-refractivity contribution in [2.24, 2.45) is 11.8 Å². The highest BCUT2D eigenvalue weighted by Gasteiger charge is 2.43. The molecular weight excluding hydrogens is 242 g/mol. The van der Waals surface area contributed by atoms with Crippen LogP contribution < -0.4 is 5.32 Å². The average molecular weight is 261 g/mol. The van der Waals surface area contributed by atoms with Gasteiger partial charge in [0.2, 0.25) is 0 Å². The standard InChI is InChI=1S/C14H19N3O2/c1-15-13-6-9(4-5-16-13)14(19)17-7-10-2-3-12(18)11(10)8-17/h4-6,10-12,18H,2-3,7-8H2,1H3,(H,15,16). The normalized spacial score (nSPS) is 29.4. The molecule has 0 spiro atoms. The van der Waals surface area contributed by atoms with E-state index in [1.54, 1.807) is 25.4 Å². The molecule has 0 radical (unpaired) electrons. The predicted octanol–water partition coefficient (Wildman–Crippen LogP) is 0.966. The average Bonchev–Trinajstić information content (AvgIpc) is 3.01. The molecule has 1 amide bonds. The van der Waals surface area contributed by atoms with Gasteiger partial charge in [-0.2, -0.15) is 0 Å². The number of nitrogens with one attached hydrogen (secondary N) is 1. The van der Waals surface area contributed by atoms with Gasteiger partial charge in [0.25, 0.3) is 5.91 Å². The Labute approximate surface area is 112 Å². The molecule has 19 heavy (non-hydrogen) atoms. The summed E-state index contributed by atoms with van der Waals surface area (Å²) < 4.78 is 0. The zero-order valence-corrected chi connectivity index (χ0v) is 11.0. The van der Waals surface area contributed by atoms with Gasteiger partial charge in [0.15, 0.2) is 0 Å². The molecule has 3 atom stereocenters. The molecular formula is C14H19N3O2. The Morgan fingerprint density at radius 1 is 1.47 bits per heavy atom. The van der Waals surface area contributed by atoms with Crippen LogP contribution in [0, 0.1) is 11.8 Å². The Morgan fingerprint density at radius 3 is 3.05 bits per heavy atom. The van der Waals surface area contributed by atoms with Gasteiger partial charge >= 0.3 is 0 Å². The Balaban J connectivity index is 1.74. The van der Waals surface area contributed by atoms with E-state index in [4.69, 9.17) is 0 Å². The fourth-order valence-corrected chi connectivity index (χ4v) is 3.29. The number of likely N-dealkylation sites (tertiary alicyclic amines) is 1. The van der Waals surface area contributed by atoms with Gasteiger partial charge in [-0.15, -0.1) is 0 Å². The molecule has 102 valence electrons. The number of hydrogen-bond acceptors (Lipinski definition) is 4. The van der Waals surface area contributed by atoms with Crippen molar-refractivity contribution in [3.63, 3.8) is 0 Å². The Kier molecular flexibility index (Phi) is 3.14. The third kappa shape index (κ3) is 2.18. The monoisotopic (exact) mass is 261 g/mol. The lowest BCUT2D eigenvalue weighted by Crippen LogP contribution is -2.31. The molecule has 0 aromatic carbocycles. The zero-order valence-electron chi connectivity index (χ0n) is 11.0. The summed E-state index contributed by atoms with van der Waals surface area (Å²) in [5, 5.41) is 12.8. The van der Waals surface area contributed by atoms with Crippen molar-refractivity contribution in [1.82, 2.24) is 9.88 Å². The lowest BCUT2D eigenvalue weighted by Gasteiger charge is -2.18. The van der Waals surface area contributed by atoms with Gasteiger partial charge in [-0.1, -0.05) is 0 Å². The van der Waals surface area contributed by atoms with Crippen molar-refractivity contribution in [1.29, 1.82) is 0 Å². The van der Waals surface area contributed by atoms with Gasteiger partial charge in [-0.3, -0.25) is 4.79 Å². The Hall–Kier alpha value is -1.62. The molecule has 2 N–H and O–H groups in total. The number of hydrogen-bond donors (Lipinski definition) is 2. The second-order valence-electron chi connectivity index (χ2n) is 5.46. The minimum Gasteiger partial charge on any atom is -0.393 e. The molecule has 1 aliphatic carbocycles. The molecule has 5 heteroatoms. The summed E-state index contributed by atoms with van der Waals surface area (Å²) in [6.07, 6.45) is 3.34. The van der Waals surface area contributed by atoms with Crippen LogP contribution in [0.25, 0.3) is 0 Å². The molecule has 2 aliphatic rings. The van der Waals surface area contributed by atoms with Gasteiger partial charge in [-0.25, -0.2) is 4.98 Å². The third-order valence-electron chi connectivity index (χ3n) is 4.37. The van der Waals surface area contributed by atoms with Crippen LogP contribution in [0.2, 0.25) is 0 Å². The maximum absolute atomic E-state index is 12.4. The Bertz CT molecular complexity index is 491. The van der Waals surface area contributed by atoms with Gasteiger partial charge < -0.3 is 15.3 Å². The van der Waals surface area contributed by atoms with Crippen molar-refractivity contribution in [2.75, 3.05) is 25.5 Å². The summed E-state index contributed by atoms with van der Waals surface area (Å²) >= 11 is 0. The Morgan fingerprint density at radius 2 is 2.32 bits per heavy atom. The largest absolute Gasteiger partial charge is 0.393 e. The van der Waals surface area contributed by atoms with Crippen molar-refractivity contribution in [3.8, 4) is 0 Å². The number of aromatic nitrogens is 1. The number of carbonyl (C=O) groups excluding carboxylic acids is 1. The van der Waals surface area contributed by atoms with Crippen LogP contribution in [-0.4, -0.2) is 47.1 Å². The minimum absolute atomic E-state index is 0.0421. The van der Waals surface area contributed by atoms with Crippen LogP contribution in [0.15, 0.2) is 18.3 Å². The van der Waals surface area contributed by atoms with Crippen molar-refractivity contribution < 1.29 is 9.90 Å². The maximum Gasteiger partial charge on any atom is 0.254 e. The van der Waals surface area contributed by atoms with Gasteiger partial charge in [0.05, 0.1) is 6.10 Å². The van der Waals surface area contributed by atoms with E-state index in [0.717, 1.165) is 19.4 Å². The lowest BCUT2D eigenvalue weighted by atomic mass is 10.00. The van der Waals surface area contributed by atoms with Crippen molar-refractivity contribution >= 4 is 11.7 Å². The van der Waals surface area contributed by atoms with E-state index in [1.807, 2.05) is 4.90 Å². The number of anilines is 1. The number of amides is 1. The first-order chi connectivity index (χ1) is 9.19. The lowest BCUT2D eigenvalue weighted by molar-refractivity contribution is 0.0752. The fourth-order valence-electron chi connectivity index (χ4n) is 3.29. The summed E-state index contributed by atoms with van der Waals surface area (Å²) in [7, 11) is 1.78. The first-order valence-electron chi connectivity index (χ1n) is 6.80. The smallest absolute Gasteiger partial charge is 0.254 e. The third-order valence-corrected chi connectivity index (χ3v) is 4.37. The second-order valence-corrected chi connectivity index (χ2v) is 5.46. The molecule has 1 aliphatic heterocycles. The van der Waals surface area contributed by atoms with Gasteiger partial charge in [0, 0.05) is 37.8 Å². The number of fused-ring (bicyclic) bond motifs is 1. The molecule has 0 bridgehead atoms. The van der Waals surface area contributed by atoms with E-state index in [-0.39, 0.29) is 17.9 Å². The summed E-state index contributed by atoms with van der Waals surface area (Å²) in [5.74, 6) is 1.49. The van der Waals surface area contributed by atoms with Gasteiger partial charge in [-0.05, 0) is 30.9 Å². The number of aliphatic hydroxyl groups is 1. The minimum atomic E-state index is -0.229. The van der Waals surface area contributed by atoms with E-state index in [2.05, 4.69) is 10.3 Å². The summed E-state index contributed by atoms with van der Waals surface area (Å²) in [5.41, 5.74) is 0.661. The topological polar surface area (TPSA) is 65.5 Å². The van der Waals surface area contributed by atoms with Crippen molar-refractivity contribution in [2.45, 2.75) is 18.9 Å². The van der Waals surface area contributed by atoms with E-state index in [0.29, 0.717) is 23.8 Å². The van der Waals surface area contributed by atoms with Crippen molar-refractivity contribution in [3.05, 3.63) is 23.9 Å². The quantitative estimate of drug-likeness (QED) is 0.832. The van der Waals surface area contributed by atoms with Gasteiger partial charge in [0.1, 0.15) is 5.82 Å². The van der Waals surface area contributed by atoms with Crippen LogP contribution in [0.3, 0.4) is 0 Å². The highest BCUT2D eigenvalue weighted by Crippen LogP contribution is 2.38. The summed E-state index contributed by atoms with van der Waals surface area (Å²) in [6.45, 7) is 1.46. The first-order valence-corrected chi connectivity index (χ1v) is 6.80. The molecule has 3 unspecified atom stereocenters. The number of carbonyl (C=O) groups is 1. The van der Waals surface area contributed by atoms with E-state index >= 15 is 0 Å². The predicted molar refractivity (Wildman–Crippen MR) is 71.9 cm³/mol. The van der Waals surface area contributed by atoms with E-state index in [9.17, 15) is 9.90 Å².